The van der Waals surface area contributed by atoms with Gasteiger partial charge in [0.05, 0.1) is 0 Å². The lowest BCUT2D eigenvalue weighted by molar-refractivity contribution is 0.667. The molecular formula is C10H19N3S2. The van der Waals surface area contributed by atoms with Crippen LogP contribution < -0.4 is 10.6 Å². The van der Waals surface area contributed by atoms with Gasteiger partial charge in [0.1, 0.15) is 0 Å². The van der Waals surface area contributed by atoms with Crippen molar-refractivity contribution in [1.29, 1.82) is 0 Å². The van der Waals surface area contributed by atoms with Gasteiger partial charge in [-0.3, -0.25) is 0 Å². The quantitative estimate of drug-likeness (QED) is 0.834. The van der Waals surface area contributed by atoms with Gasteiger partial charge in [-0.1, -0.05) is 0 Å². The maximum absolute atomic E-state index is 5.57. The average Bonchev–Trinajstić information content (AvgIpc) is 2.73. The Morgan fingerprint density at radius 1 is 1.67 bits per heavy atom. The molecule has 0 aliphatic heterocycles. The van der Waals surface area contributed by atoms with Crippen LogP contribution in [-0.2, 0) is 6.54 Å². The Hall–Kier alpha value is -0.260. The highest BCUT2D eigenvalue weighted by atomic mass is 32.2. The first-order valence-corrected chi connectivity index (χ1v) is 7.26. The first kappa shape index (κ1) is 12.8. The molecule has 15 heavy (non-hydrogen) atoms. The molecule has 1 aromatic heterocycles. The molecular weight excluding hydrogens is 226 g/mol. The standard InChI is InChI=1S/C10H19N3S2/c1-8(4-5-14-3)13(2)10-12-7-9(6-11)15-10/h7-8H,4-6,11H2,1-3H3. The van der Waals surface area contributed by atoms with Crippen molar-refractivity contribution in [3.05, 3.63) is 11.1 Å². The lowest BCUT2D eigenvalue weighted by atomic mass is 10.2. The molecule has 0 aliphatic carbocycles. The zero-order valence-electron chi connectivity index (χ0n) is 9.56. The highest BCUT2D eigenvalue weighted by Crippen LogP contribution is 2.23. The fraction of sp³-hybridized carbons (Fsp3) is 0.700. The van der Waals surface area contributed by atoms with Crippen molar-refractivity contribution in [1.82, 2.24) is 4.98 Å². The molecule has 1 aromatic rings. The largest absolute Gasteiger partial charge is 0.348 e. The predicted octanol–water partition coefficient (Wildman–Crippen LogP) is 2.18. The van der Waals surface area contributed by atoms with Crippen LogP contribution in [0, 0.1) is 0 Å². The number of hydrogen-bond acceptors (Lipinski definition) is 5. The van der Waals surface area contributed by atoms with E-state index >= 15 is 0 Å². The van der Waals surface area contributed by atoms with Crippen LogP contribution in [0.25, 0.3) is 0 Å². The summed E-state index contributed by atoms with van der Waals surface area (Å²) in [6, 6.07) is 0.536. The molecule has 0 radical (unpaired) electrons. The molecule has 5 heteroatoms. The molecule has 1 heterocycles. The summed E-state index contributed by atoms with van der Waals surface area (Å²) in [7, 11) is 2.10. The highest BCUT2D eigenvalue weighted by molar-refractivity contribution is 7.98. The van der Waals surface area contributed by atoms with E-state index in [2.05, 4.69) is 30.1 Å². The average molecular weight is 245 g/mol. The minimum atomic E-state index is 0.536. The summed E-state index contributed by atoms with van der Waals surface area (Å²) in [5, 5.41) is 1.07. The van der Waals surface area contributed by atoms with E-state index in [-0.39, 0.29) is 0 Å². The van der Waals surface area contributed by atoms with Crippen LogP contribution in [0.2, 0.25) is 0 Å². The number of thiazole rings is 1. The van der Waals surface area contributed by atoms with Crippen molar-refractivity contribution in [3.8, 4) is 0 Å². The third-order valence-electron chi connectivity index (χ3n) is 2.45. The van der Waals surface area contributed by atoms with Crippen LogP contribution in [0.3, 0.4) is 0 Å². The minimum absolute atomic E-state index is 0.536. The highest BCUT2D eigenvalue weighted by Gasteiger charge is 2.12. The zero-order chi connectivity index (χ0) is 11.3. The molecule has 0 fully saturated rings. The normalized spacial score (nSPS) is 12.8. The monoisotopic (exact) mass is 245 g/mol. The minimum Gasteiger partial charge on any atom is -0.348 e. The maximum atomic E-state index is 5.57. The zero-order valence-corrected chi connectivity index (χ0v) is 11.2. The number of nitrogens with two attached hydrogens (primary N) is 1. The van der Waals surface area contributed by atoms with Crippen molar-refractivity contribution in [3.63, 3.8) is 0 Å². The smallest absolute Gasteiger partial charge is 0.185 e. The third-order valence-corrected chi connectivity index (χ3v) is 4.20. The molecule has 0 saturated carbocycles. The van der Waals surface area contributed by atoms with E-state index in [0.29, 0.717) is 12.6 Å². The lowest BCUT2D eigenvalue weighted by Crippen LogP contribution is -2.29. The first-order chi connectivity index (χ1) is 7.19. The van der Waals surface area contributed by atoms with Gasteiger partial charge in [0, 0.05) is 30.7 Å². The number of anilines is 1. The van der Waals surface area contributed by atoms with Crippen molar-refractivity contribution < 1.29 is 0 Å². The molecule has 0 aliphatic rings. The van der Waals surface area contributed by atoms with Gasteiger partial charge in [0.2, 0.25) is 0 Å². The van der Waals surface area contributed by atoms with Crippen LogP contribution in [0.4, 0.5) is 5.13 Å². The molecule has 1 unspecified atom stereocenters. The Balaban J connectivity index is 2.54. The van der Waals surface area contributed by atoms with Crippen LogP contribution in [-0.4, -0.2) is 30.1 Å². The van der Waals surface area contributed by atoms with Crippen molar-refractivity contribution in [2.45, 2.75) is 25.9 Å². The fourth-order valence-corrected chi connectivity index (χ4v) is 2.65. The second-order valence-corrected chi connectivity index (χ2v) is 5.63. The van der Waals surface area contributed by atoms with Gasteiger partial charge in [-0.05, 0) is 25.4 Å². The second-order valence-electron chi connectivity index (χ2n) is 3.55. The Kier molecular flexibility index (Phi) is 5.42. The Bertz CT molecular complexity index is 288. The van der Waals surface area contributed by atoms with Gasteiger partial charge in [-0.2, -0.15) is 11.8 Å². The Morgan fingerprint density at radius 2 is 2.40 bits per heavy atom. The Labute approximate surface area is 100 Å². The van der Waals surface area contributed by atoms with Gasteiger partial charge in [0.25, 0.3) is 0 Å². The third kappa shape index (κ3) is 3.66. The van der Waals surface area contributed by atoms with Gasteiger partial charge in [-0.15, -0.1) is 11.3 Å². The van der Waals surface area contributed by atoms with E-state index in [1.54, 1.807) is 11.3 Å². The SMILES string of the molecule is CSCCC(C)N(C)c1ncc(CN)s1. The number of hydrogen-bond donors (Lipinski definition) is 1. The molecule has 1 atom stereocenters. The fourth-order valence-electron chi connectivity index (χ4n) is 1.23. The number of thioether (sulfide) groups is 1. The van der Waals surface area contributed by atoms with E-state index in [0.717, 1.165) is 10.0 Å². The van der Waals surface area contributed by atoms with E-state index in [1.165, 1.54) is 12.2 Å². The van der Waals surface area contributed by atoms with E-state index in [4.69, 9.17) is 5.73 Å². The van der Waals surface area contributed by atoms with Gasteiger partial charge in [-0.25, -0.2) is 4.98 Å². The molecule has 0 amide bonds. The summed E-state index contributed by atoms with van der Waals surface area (Å²) in [5.41, 5.74) is 5.57. The summed E-state index contributed by atoms with van der Waals surface area (Å²) >= 11 is 3.57. The summed E-state index contributed by atoms with van der Waals surface area (Å²) in [4.78, 5) is 7.76. The summed E-state index contributed by atoms with van der Waals surface area (Å²) in [6.07, 6.45) is 5.20. The summed E-state index contributed by atoms with van der Waals surface area (Å²) in [6.45, 7) is 2.82. The first-order valence-electron chi connectivity index (χ1n) is 5.05. The molecule has 0 spiro atoms. The molecule has 0 saturated heterocycles. The number of rotatable bonds is 6. The van der Waals surface area contributed by atoms with Crippen LogP contribution in [0.5, 0.6) is 0 Å². The molecule has 3 nitrogen and oxygen atoms in total. The number of nitrogens with zero attached hydrogens (tertiary/aromatic N) is 2. The van der Waals surface area contributed by atoms with Crippen LogP contribution in [0.1, 0.15) is 18.2 Å². The number of aromatic nitrogens is 1. The topological polar surface area (TPSA) is 42.2 Å². The molecule has 2 N–H and O–H groups in total. The van der Waals surface area contributed by atoms with E-state index in [9.17, 15) is 0 Å². The molecule has 0 bridgehead atoms. The van der Waals surface area contributed by atoms with Crippen LogP contribution in [0.15, 0.2) is 6.20 Å². The predicted molar refractivity (Wildman–Crippen MR) is 70.9 cm³/mol. The molecule has 86 valence electrons. The van der Waals surface area contributed by atoms with E-state index < -0.39 is 0 Å². The Morgan fingerprint density at radius 3 is 2.93 bits per heavy atom. The van der Waals surface area contributed by atoms with Crippen molar-refractivity contribution in [2.75, 3.05) is 24.0 Å². The van der Waals surface area contributed by atoms with Gasteiger partial charge >= 0.3 is 0 Å². The summed E-state index contributed by atoms with van der Waals surface area (Å²) < 4.78 is 0. The second kappa shape index (κ2) is 6.35. The summed E-state index contributed by atoms with van der Waals surface area (Å²) in [5.74, 6) is 1.20. The lowest BCUT2D eigenvalue weighted by Gasteiger charge is -2.23. The van der Waals surface area contributed by atoms with Crippen molar-refractivity contribution in [2.24, 2.45) is 5.73 Å². The van der Waals surface area contributed by atoms with Crippen molar-refractivity contribution >= 4 is 28.2 Å². The van der Waals surface area contributed by atoms with Gasteiger partial charge in [0.15, 0.2) is 5.13 Å². The molecule has 1 rings (SSSR count). The molecule has 0 aromatic carbocycles. The van der Waals surface area contributed by atoms with E-state index in [1.807, 2.05) is 18.0 Å². The van der Waals surface area contributed by atoms with Crippen LogP contribution >= 0.6 is 23.1 Å². The maximum Gasteiger partial charge on any atom is 0.185 e. The van der Waals surface area contributed by atoms with Gasteiger partial charge < -0.3 is 10.6 Å².